The van der Waals surface area contributed by atoms with Gasteiger partial charge in [0.15, 0.2) is 0 Å². The van der Waals surface area contributed by atoms with E-state index in [1.807, 2.05) is 0 Å². The van der Waals surface area contributed by atoms with Crippen molar-refractivity contribution >= 4 is 48.9 Å². The summed E-state index contributed by atoms with van der Waals surface area (Å²) in [6, 6.07) is 0. The Hall–Kier alpha value is 1.57. The van der Waals surface area contributed by atoms with E-state index in [0.717, 1.165) is 0 Å². The van der Waals surface area contributed by atoms with Crippen molar-refractivity contribution in [3.05, 3.63) is 0 Å². The molecule has 0 aliphatic rings. The van der Waals surface area contributed by atoms with Crippen LogP contribution >= 0.6 is 0 Å². The molecule has 0 amide bonds. The predicted octanol–water partition coefficient (Wildman–Crippen LogP) is 8.30. The zero-order valence-electron chi connectivity index (χ0n) is 16.8. The molecule has 0 aliphatic heterocycles. The summed E-state index contributed by atoms with van der Waals surface area (Å²) in [7, 11) is 0. The van der Waals surface area contributed by atoms with Crippen molar-refractivity contribution < 1.29 is 0 Å². The molecule has 0 nitrogen and oxygen atoms in total. The van der Waals surface area contributed by atoms with Crippen LogP contribution in [-0.4, -0.2) is 48.9 Å². The average molecular weight is 464 g/mol. The third kappa shape index (κ3) is 25.8. The second kappa shape index (κ2) is 26.8. The normalized spacial score (nSPS) is 10.8. The zero-order chi connectivity index (χ0) is 16.8. The number of hydrogen-bond donors (Lipinski definition) is 0. The molecule has 144 valence electrons. The molecule has 0 rings (SSSR count). The molecule has 1 heteroatoms. The Kier molecular flexibility index (Phi) is 31.0. The molecule has 0 aromatic heterocycles. The van der Waals surface area contributed by atoms with E-state index in [2.05, 4.69) is 13.8 Å². The van der Waals surface area contributed by atoms with E-state index in [9.17, 15) is 0 Å². The molecular weight excluding hydrogens is 414 g/mol. The average Bonchev–Trinajstić information content (AvgIpc) is 2.57. The summed E-state index contributed by atoms with van der Waals surface area (Å²) >= 11 is 0. The number of unbranched alkanes of at least 4 members (excludes halogenated alkanes) is 20. The molecule has 0 heterocycles. The van der Waals surface area contributed by atoms with Gasteiger partial charge >= 0.3 is 48.9 Å². The van der Waals surface area contributed by atoms with E-state index in [0.29, 0.717) is 0 Å². The maximum absolute atomic E-state index is 2.30. The molecule has 0 saturated heterocycles. The first kappa shape index (κ1) is 27.8. The van der Waals surface area contributed by atoms with Crippen molar-refractivity contribution in [3.8, 4) is 0 Å². The van der Waals surface area contributed by atoms with Gasteiger partial charge in [0.1, 0.15) is 0 Å². The Labute approximate surface area is 195 Å². The topological polar surface area (TPSA) is 0 Å². The Morgan fingerprint density at radius 2 is 0.375 bits per heavy atom. The second-order valence-electron chi connectivity index (χ2n) is 7.72. The Morgan fingerprint density at radius 3 is 0.500 bits per heavy atom. The quantitative estimate of drug-likeness (QED) is 0.126. The summed E-state index contributed by atoms with van der Waals surface area (Å²) in [6.45, 7) is 4.60. The van der Waals surface area contributed by atoms with Gasteiger partial charge in [0.2, 0.25) is 0 Å². The van der Waals surface area contributed by atoms with Gasteiger partial charge in [-0.2, -0.15) is 0 Å². The molecule has 0 saturated carbocycles. The van der Waals surface area contributed by atoms with E-state index in [1.165, 1.54) is 135 Å². The van der Waals surface area contributed by atoms with Crippen molar-refractivity contribution in [2.45, 2.75) is 149 Å². The molecule has 0 bridgehead atoms. The van der Waals surface area contributed by atoms with Crippen LogP contribution in [0.3, 0.4) is 0 Å². The van der Waals surface area contributed by atoms with Crippen LogP contribution in [0, 0.1) is 0 Å². The fourth-order valence-electron chi connectivity index (χ4n) is 3.51. The van der Waals surface area contributed by atoms with Gasteiger partial charge < -0.3 is 0 Å². The molecule has 0 N–H and O–H groups in total. The summed E-state index contributed by atoms with van der Waals surface area (Å²) in [4.78, 5) is 0. The van der Waals surface area contributed by atoms with Crippen LogP contribution in [0.15, 0.2) is 0 Å². The van der Waals surface area contributed by atoms with Gasteiger partial charge in [-0.1, -0.05) is 149 Å². The van der Waals surface area contributed by atoms with E-state index >= 15 is 0 Å². The van der Waals surface area contributed by atoms with Crippen molar-refractivity contribution in [3.63, 3.8) is 0 Å². The molecule has 0 radical (unpaired) electrons. The van der Waals surface area contributed by atoms with Crippen LogP contribution in [0.25, 0.3) is 0 Å². The van der Waals surface area contributed by atoms with Gasteiger partial charge in [-0.25, -0.2) is 0 Å². The summed E-state index contributed by atoms with van der Waals surface area (Å²) < 4.78 is 0. The summed E-state index contributed by atoms with van der Waals surface area (Å²) in [5.74, 6) is 0. The molecule has 0 atom stereocenters. The molecule has 0 unspecified atom stereocenters. The molecular formula is C23H50Ba. The Morgan fingerprint density at radius 1 is 0.250 bits per heavy atom. The van der Waals surface area contributed by atoms with Crippen LogP contribution < -0.4 is 0 Å². The van der Waals surface area contributed by atoms with Gasteiger partial charge in [0.05, 0.1) is 0 Å². The first-order valence-corrected chi connectivity index (χ1v) is 11.4. The SMILES string of the molecule is CCCCCCCCCCCCCCCCCCCCCCC.[BaH2]. The van der Waals surface area contributed by atoms with E-state index in [4.69, 9.17) is 0 Å². The molecule has 0 aromatic rings. The molecule has 24 heavy (non-hydrogen) atoms. The first-order chi connectivity index (χ1) is 11.4. The fourth-order valence-corrected chi connectivity index (χ4v) is 3.51. The molecule has 0 aliphatic carbocycles. The zero-order valence-corrected chi connectivity index (χ0v) is 16.8. The van der Waals surface area contributed by atoms with Crippen LogP contribution in [-0.2, 0) is 0 Å². The Balaban J connectivity index is 0. The fraction of sp³-hybridized carbons (Fsp3) is 1.00. The van der Waals surface area contributed by atoms with Gasteiger partial charge in [-0.05, 0) is 0 Å². The van der Waals surface area contributed by atoms with Gasteiger partial charge in [-0.15, -0.1) is 0 Å². The van der Waals surface area contributed by atoms with Gasteiger partial charge in [-0.3, -0.25) is 0 Å². The predicted molar refractivity (Wildman–Crippen MR) is 117 cm³/mol. The third-order valence-electron chi connectivity index (χ3n) is 5.21. The monoisotopic (exact) mass is 464 g/mol. The summed E-state index contributed by atoms with van der Waals surface area (Å²) in [5.41, 5.74) is 0. The Bertz CT molecular complexity index is 170. The van der Waals surface area contributed by atoms with Crippen molar-refractivity contribution in [1.29, 1.82) is 0 Å². The van der Waals surface area contributed by atoms with Crippen LogP contribution in [0.1, 0.15) is 149 Å². The van der Waals surface area contributed by atoms with Crippen LogP contribution in [0.4, 0.5) is 0 Å². The van der Waals surface area contributed by atoms with Gasteiger partial charge in [0.25, 0.3) is 0 Å². The minimum atomic E-state index is 0. The number of hydrogen-bond acceptors (Lipinski definition) is 0. The molecule has 0 fully saturated rings. The maximum atomic E-state index is 2.30. The third-order valence-corrected chi connectivity index (χ3v) is 5.21. The second-order valence-corrected chi connectivity index (χ2v) is 7.72. The summed E-state index contributed by atoms with van der Waals surface area (Å²) in [6.07, 6.45) is 30.9. The van der Waals surface area contributed by atoms with E-state index < -0.39 is 0 Å². The molecule has 0 aromatic carbocycles. The standard InChI is InChI=1S/C23H48.Ba.2H/c1-3-5-7-9-11-13-15-17-19-21-23-22-20-18-16-14-12-10-8-6-4-2;;;/h3-23H2,1-2H3;;;. The minimum absolute atomic E-state index is 0. The number of rotatable bonds is 20. The van der Waals surface area contributed by atoms with Crippen molar-refractivity contribution in [2.75, 3.05) is 0 Å². The van der Waals surface area contributed by atoms with Crippen molar-refractivity contribution in [1.82, 2.24) is 0 Å². The first-order valence-electron chi connectivity index (χ1n) is 11.4. The van der Waals surface area contributed by atoms with E-state index in [-0.39, 0.29) is 48.9 Å². The van der Waals surface area contributed by atoms with Crippen LogP contribution in [0.2, 0.25) is 0 Å². The van der Waals surface area contributed by atoms with Gasteiger partial charge in [0, 0.05) is 0 Å². The van der Waals surface area contributed by atoms with E-state index in [1.54, 1.807) is 0 Å². The molecule has 0 spiro atoms. The van der Waals surface area contributed by atoms with Crippen molar-refractivity contribution in [2.24, 2.45) is 0 Å². The van der Waals surface area contributed by atoms with Crippen LogP contribution in [0.5, 0.6) is 0 Å². The summed E-state index contributed by atoms with van der Waals surface area (Å²) in [5, 5.41) is 0.